The molecule has 0 fully saturated rings. The summed E-state index contributed by atoms with van der Waals surface area (Å²) in [6, 6.07) is 12.9. The maximum absolute atomic E-state index is 12.5. The fourth-order valence-corrected chi connectivity index (χ4v) is 6.23. The first kappa shape index (κ1) is 41.2. The lowest BCUT2D eigenvalue weighted by Crippen LogP contribution is -2.04. The van der Waals surface area contributed by atoms with E-state index < -0.39 is 0 Å². The third-order valence-electron chi connectivity index (χ3n) is 9.14. The SMILES string of the molecule is CCCCC#Cc1cc(C#CCCCC)cc(C2=C(CCCC)C(CCCCC)=C(c3cc(C#CCCCC)cc(C#CCCCC)c3)[N+]2=[N-])c1. The first-order chi connectivity index (χ1) is 25.0. The highest BCUT2D eigenvalue weighted by Gasteiger charge is 2.35. The molecular formula is C49H62N2. The van der Waals surface area contributed by atoms with Crippen molar-refractivity contribution >= 4 is 11.4 Å². The molecule has 0 atom stereocenters. The van der Waals surface area contributed by atoms with Gasteiger partial charge in [-0.2, -0.15) is 0 Å². The van der Waals surface area contributed by atoms with E-state index in [1.807, 2.05) is 0 Å². The molecule has 0 saturated heterocycles. The Balaban J connectivity index is 2.29. The van der Waals surface area contributed by atoms with Crippen molar-refractivity contribution in [1.29, 1.82) is 0 Å². The molecular weight excluding hydrogens is 617 g/mol. The van der Waals surface area contributed by atoms with Gasteiger partial charge in [-0.25, -0.2) is 4.70 Å². The van der Waals surface area contributed by atoms with Crippen molar-refractivity contribution in [3.63, 3.8) is 0 Å². The number of nitrogens with zero attached hydrogens (tertiary/aromatic N) is 2. The van der Waals surface area contributed by atoms with Crippen molar-refractivity contribution in [3.8, 4) is 47.4 Å². The van der Waals surface area contributed by atoms with Gasteiger partial charge in [0.2, 0.25) is 11.4 Å². The molecule has 1 aliphatic rings. The number of allylic oxidation sites excluding steroid dienone is 2. The highest BCUT2D eigenvalue weighted by molar-refractivity contribution is 5.83. The molecule has 51 heavy (non-hydrogen) atoms. The van der Waals surface area contributed by atoms with Gasteiger partial charge < -0.3 is 5.53 Å². The van der Waals surface area contributed by atoms with Gasteiger partial charge in [-0.1, -0.05) is 134 Å². The normalized spacial score (nSPS) is 12.1. The van der Waals surface area contributed by atoms with E-state index in [-0.39, 0.29) is 0 Å². The molecule has 2 aromatic rings. The van der Waals surface area contributed by atoms with E-state index in [0.29, 0.717) is 0 Å². The minimum atomic E-state index is 0.869. The van der Waals surface area contributed by atoms with Crippen molar-refractivity contribution in [1.82, 2.24) is 0 Å². The Morgan fingerprint density at radius 2 is 0.725 bits per heavy atom. The average Bonchev–Trinajstić information content (AvgIpc) is 3.41. The van der Waals surface area contributed by atoms with Gasteiger partial charge in [0.25, 0.3) is 0 Å². The molecule has 0 spiro atoms. The minimum Gasteiger partial charge on any atom is -0.493 e. The highest BCUT2D eigenvalue weighted by Crippen LogP contribution is 2.45. The van der Waals surface area contributed by atoms with Crippen molar-refractivity contribution < 1.29 is 4.70 Å². The molecule has 1 heterocycles. The molecule has 1 aliphatic heterocycles. The van der Waals surface area contributed by atoms with Gasteiger partial charge in [0, 0.05) is 70.2 Å². The molecule has 0 saturated carbocycles. The second kappa shape index (κ2) is 24.0. The molecule has 0 amide bonds. The summed E-state index contributed by atoms with van der Waals surface area (Å²) in [6.07, 6.45) is 19.7. The fraction of sp³-hybridized carbons (Fsp3) is 0.510. The third kappa shape index (κ3) is 13.4. The topological polar surface area (TPSA) is 25.3 Å². The summed E-state index contributed by atoms with van der Waals surface area (Å²) in [5.41, 5.74) is 22.5. The van der Waals surface area contributed by atoms with Gasteiger partial charge in [0.1, 0.15) is 0 Å². The van der Waals surface area contributed by atoms with Crippen molar-refractivity contribution in [3.05, 3.63) is 86.5 Å². The van der Waals surface area contributed by atoms with Gasteiger partial charge in [-0.3, -0.25) is 0 Å². The minimum absolute atomic E-state index is 0.869. The molecule has 2 aromatic carbocycles. The number of hydrogen-bond acceptors (Lipinski definition) is 0. The van der Waals surface area contributed by atoms with E-state index >= 15 is 0 Å². The van der Waals surface area contributed by atoms with Crippen molar-refractivity contribution in [2.45, 2.75) is 164 Å². The van der Waals surface area contributed by atoms with E-state index in [4.69, 9.17) is 0 Å². The quantitative estimate of drug-likeness (QED) is 0.0904. The third-order valence-corrected chi connectivity index (χ3v) is 9.14. The first-order valence-electron chi connectivity index (χ1n) is 20.2. The van der Waals surface area contributed by atoms with E-state index in [1.165, 1.54) is 15.8 Å². The second-order valence-electron chi connectivity index (χ2n) is 13.7. The van der Waals surface area contributed by atoms with E-state index in [1.54, 1.807) is 0 Å². The zero-order valence-corrected chi connectivity index (χ0v) is 32.8. The van der Waals surface area contributed by atoms with Crippen LogP contribution in [0.25, 0.3) is 16.9 Å². The van der Waals surface area contributed by atoms with Gasteiger partial charge in [0.05, 0.1) is 0 Å². The van der Waals surface area contributed by atoms with Gasteiger partial charge in [-0.05, 0) is 87.8 Å². The highest BCUT2D eigenvalue weighted by atomic mass is 15.2. The lowest BCUT2D eigenvalue weighted by molar-refractivity contribution is -0.345. The van der Waals surface area contributed by atoms with Crippen LogP contribution in [0.2, 0.25) is 0 Å². The van der Waals surface area contributed by atoms with Crippen LogP contribution >= 0.6 is 0 Å². The van der Waals surface area contributed by atoms with Gasteiger partial charge >= 0.3 is 0 Å². The summed E-state index contributed by atoms with van der Waals surface area (Å²) >= 11 is 0. The standard InChI is InChI=1S/C49H62N2/c1-7-13-19-24-28-40-34-41(29-25-20-14-8-2)37-44(36-40)48-46(32-18-12-6)47(33-23-17-11-5)49(51(48)50)45-38-42(30-26-21-15-9-3)35-43(39-45)31-27-22-16-10-4/h34-39H,7-23,32-33H2,1-6H3. The van der Waals surface area contributed by atoms with Crippen LogP contribution in [0, 0.1) is 47.4 Å². The first-order valence-corrected chi connectivity index (χ1v) is 20.2. The van der Waals surface area contributed by atoms with E-state index in [9.17, 15) is 5.53 Å². The number of rotatable bonds is 17. The average molecular weight is 679 g/mol. The summed E-state index contributed by atoms with van der Waals surface area (Å²) in [7, 11) is 0. The van der Waals surface area contributed by atoms with Crippen LogP contribution in [-0.2, 0) is 0 Å². The zero-order chi connectivity index (χ0) is 36.7. The lowest BCUT2D eigenvalue weighted by Gasteiger charge is -2.11. The summed E-state index contributed by atoms with van der Waals surface area (Å²) in [5, 5.41) is 0. The Bertz CT molecular complexity index is 1680. The Kier molecular flexibility index (Phi) is 19.4. The molecule has 0 unspecified atom stereocenters. The van der Waals surface area contributed by atoms with Crippen LogP contribution in [-0.4, -0.2) is 4.70 Å². The Morgan fingerprint density at radius 3 is 1.04 bits per heavy atom. The molecule has 0 bridgehead atoms. The molecule has 3 rings (SSSR count). The van der Waals surface area contributed by atoms with Crippen LogP contribution in [0.4, 0.5) is 0 Å². The molecule has 268 valence electrons. The maximum Gasteiger partial charge on any atom is 0.211 e. The molecule has 0 aromatic heterocycles. The number of benzene rings is 2. The van der Waals surface area contributed by atoms with Crippen LogP contribution in [0.3, 0.4) is 0 Å². The van der Waals surface area contributed by atoms with Crippen LogP contribution in [0.15, 0.2) is 47.5 Å². The van der Waals surface area contributed by atoms with Gasteiger partial charge in [0.15, 0.2) is 0 Å². The summed E-state index contributed by atoms with van der Waals surface area (Å²) in [5.74, 6) is 27.3. The van der Waals surface area contributed by atoms with E-state index in [2.05, 4.69) is 125 Å². The molecule has 0 radical (unpaired) electrons. The zero-order valence-electron chi connectivity index (χ0n) is 32.8. The summed E-state index contributed by atoms with van der Waals surface area (Å²) in [6.45, 7) is 13.3. The number of hydrogen-bond donors (Lipinski definition) is 0. The maximum atomic E-state index is 12.5. The molecule has 0 N–H and O–H groups in total. The van der Waals surface area contributed by atoms with Gasteiger partial charge in [-0.15, -0.1) is 0 Å². The van der Waals surface area contributed by atoms with Crippen molar-refractivity contribution in [2.24, 2.45) is 0 Å². The molecule has 2 heteroatoms. The molecule has 0 aliphatic carbocycles. The largest absolute Gasteiger partial charge is 0.493 e. The smallest absolute Gasteiger partial charge is 0.211 e. The lowest BCUT2D eigenvalue weighted by atomic mass is 9.91. The predicted molar refractivity (Wildman–Crippen MR) is 220 cm³/mol. The van der Waals surface area contributed by atoms with Crippen LogP contribution in [0.5, 0.6) is 0 Å². The van der Waals surface area contributed by atoms with E-state index in [0.717, 1.165) is 167 Å². The van der Waals surface area contributed by atoms with Crippen LogP contribution in [0.1, 0.15) is 197 Å². The van der Waals surface area contributed by atoms with Crippen molar-refractivity contribution in [2.75, 3.05) is 0 Å². The molecule has 2 nitrogen and oxygen atoms in total. The Labute approximate surface area is 312 Å². The summed E-state index contributed by atoms with van der Waals surface area (Å²) < 4.78 is 1.49. The fourth-order valence-electron chi connectivity index (χ4n) is 6.23. The summed E-state index contributed by atoms with van der Waals surface area (Å²) in [4.78, 5) is 0. The van der Waals surface area contributed by atoms with Crippen LogP contribution < -0.4 is 0 Å². The second-order valence-corrected chi connectivity index (χ2v) is 13.7. The predicted octanol–water partition coefficient (Wildman–Crippen LogP) is 13.8. The number of unbranched alkanes of at least 4 members (excludes halogenated alkanes) is 11. The monoisotopic (exact) mass is 678 g/mol. The Hall–Kier alpha value is -4.24. The Morgan fingerprint density at radius 1 is 0.412 bits per heavy atom.